The van der Waals surface area contributed by atoms with Crippen molar-refractivity contribution >= 4 is 17.8 Å². The van der Waals surface area contributed by atoms with E-state index in [2.05, 4.69) is 0 Å². The lowest BCUT2D eigenvalue weighted by Crippen LogP contribution is -2.46. The Kier molecular flexibility index (Phi) is 4.07. The topological polar surface area (TPSA) is 101 Å². The van der Waals surface area contributed by atoms with Gasteiger partial charge in [0.2, 0.25) is 5.91 Å². The minimum Gasteiger partial charge on any atom is -0.480 e. The fourth-order valence-electron chi connectivity index (χ4n) is 3.93. The number of benzene rings is 1. The summed E-state index contributed by atoms with van der Waals surface area (Å²) in [5, 5.41) is 9.50. The number of aliphatic carboxylic acids is 1. The number of carbonyl (C=O) groups excluding carboxylic acids is 2. The van der Waals surface area contributed by atoms with E-state index in [0.717, 1.165) is 25.7 Å². The number of hydrogen-bond donors (Lipinski definition) is 2. The molecule has 0 spiro atoms. The third-order valence-electron chi connectivity index (χ3n) is 5.00. The molecule has 1 aromatic carbocycles. The van der Waals surface area contributed by atoms with Crippen molar-refractivity contribution in [1.82, 2.24) is 4.90 Å². The Morgan fingerprint density at radius 2 is 1.83 bits per heavy atom. The van der Waals surface area contributed by atoms with Gasteiger partial charge in [-0.05, 0) is 43.4 Å². The molecule has 6 heteroatoms. The summed E-state index contributed by atoms with van der Waals surface area (Å²) >= 11 is 0. The molecular weight excluding hydrogens is 296 g/mol. The van der Waals surface area contributed by atoms with Crippen LogP contribution < -0.4 is 5.73 Å². The van der Waals surface area contributed by atoms with Crippen LogP contribution in [0.15, 0.2) is 24.3 Å². The fraction of sp³-hybridized carbons (Fsp3) is 0.471. The van der Waals surface area contributed by atoms with E-state index in [9.17, 15) is 19.5 Å². The first-order chi connectivity index (χ1) is 11.0. The van der Waals surface area contributed by atoms with E-state index >= 15 is 0 Å². The van der Waals surface area contributed by atoms with Crippen molar-refractivity contribution in [3.63, 3.8) is 0 Å². The number of rotatable bonds is 3. The molecule has 0 bridgehead atoms. The third kappa shape index (κ3) is 2.81. The van der Waals surface area contributed by atoms with Crippen LogP contribution in [0.5, 0.6) is 0 Å². The van der Waals surface area contributed by atoms with E-state index < -0.39 is 17.9 Å². The van der Waals surface area contributed by atoms with Gasteiger partial charge in [-0.3, -0.25) is 9.59 Å². The second-order valence-electron chi connectivity index (χ2n) is 6.36. The number of carboxylic acid groups (broad SMARTS) is 1. The third-order valence-corrected chi connectivity index (χ3v) is 5.00. The minimum absolute atomic E-state index is 0.0189. The van der Waals surface area contributed by atoms with E-state index in [1.165, 1.54) is 11.0 Å². The zero-order chi connectivity index (χ0) is 16.6. The van der Waals surface area contributed by atoms with Gasteiger partial charge in [0.25, 0.3) is 5.91 Å². The van der Waals surface area contributed by atoms with Gasteiger partial charge in [0.15, 0.2) is 0 Å². The van der Waals surface area contributed by atoms with Crippen molar-refractivity contribution in [2.45, 2.75) is 44.2 Å². The highest BCUT2D eigenvalue weighted by Crippen LogP contribution is 2.40. The van der Waals surface area contributed by atoms with Gasteiger partial charge < -0.3 is 15.7 Å². The average Bonchev–Trinajstić information content (AvgIpc) is 2.94. The Balaban J connectivity index is 1.93. The van der Waals surface area contributed by atoms with Crippen molar-refractivity contribution in [2.24, 2.45) is 11.7 Å². The molecule has 0 radical (unpaired) electrons. The molecule has 1 saturated carbocycles. The second-order valence-corrected chi connectivity index (χ2v) is 6.36. The summed E-state index contributed by atoms with van der Waals surface area (Å²) in [5.41, 5.74) is 5.83. The predicted molar refractivity (Wildman–Crippen MR) is 82.9 cm³/mol. The van der Waals surface area contributed by atoms with Crippen molar-refractivity contribution in [1.29, 1.82) is 0 Å². The molecule has 0 aromatic heterocycles. The molecule has 0 unspecified atom stereocenters. The van der Waals surface area contributed by atoms with Gasteiger partial charge >= 0.3 is 5.97 Å². The number of nitrogens with two attached hydrogens (primary N) is 1. The molecule has 2 fully saturated rings. The number of likely N-dealkylation sites (tertiary alicyclic amines) is 1. The summed E-state index contributed by atoms with van der Waals surface area (Å²) in [6.45, 7) is 0. The van der Waals surface area contributed by atoms with Crippen LogP contribution in [0.3, 0.4) is 0 Å². The van der Waals surface area contributed by atoms with E-state index in [-0.39, 0.29) is 23.4 Å². The molecule has 122 valence electrons. The van der Waals surface area contributed by atoms with Crippen molar-refractivity contribution in [2.75, 3.05) is 0 Å². The van der Waals surface area contributed by atoms with E-state index in [4.69, 9.17) is 5.73 Å². The molecule has 1 saturated heterocycles. The minimum atomic E-state index is -0.959. The maximum Gasteiger partial charge on any atom is 0.326 e. The molecule has 1 aromatic rings. The predicted octanol–water partition coefficient (Wildman–Crippen LogP) is 1.64. The number of fused-ring (bicyclic) bond motifs is 1. The normalized spacial score (nSPS) is 26.6. The van der Waals surface area contributed by atoms with Crippen LogP contribution in [0.2, 0.25) is 0 Å². The van der Waals surface area contributed by atoms with Crippen LogP contribution in [-0.2, 0) is 4.79 Å². The van der Waals surface area contributed by atoms with Crippen LogP contribution in [0.25, 0.3) is 0 Å². The van der Waals surface area contributed by atoms with Crippen molar-refractivity contribution < 1.29 is 19.5 Å². The van der Waals surface area contributed by atoms with Crippen LogP contribution in [0, 0.1) is 5.92 Å². The van der Waals surface area contributed by atoms with E-state index in [1.807, 2.05) is 0 Å². The van der Waals surface area contributed by atoms with Gasteiger partial charge in [-0.15, -0.1) is 0 Å². The summed E-state index contributed by atoms with van der Waals surface area (Å²) in [4.78, 5) is 37.3. The molecule has 23 heavy (non-hydrogen) atoms. The van der Waals surface area contributed by atoms with Crippen LogP contribution in [0.1, 0.15) is 52.8 Å². The van der Waals surface area contributed by atoms with Gasteiger partial charge in [0.05, 0.1) is 0 Å². The average molecular weight is 316 g/mol. The SMILES string of the molecule is NC(=O)c1cccc(C(=O)N2[C@@H]3CCCC[C@H]3C[C@H]2C(=O)O)c1. The summed E-state index contributed by atoms with van der Waals surface area (Å²) in [5.74, 6) is -1.63. The highest BCUT2D eigenvalue weighted by Gasteiger charge is 2.47. The second kappa shape index (κ2) is 6.02. The first-order valence-corrected chi connectivity index (χ1v) is 7.94. The Morgan fingerprint density at radius 3 is 2.52 bits per heavy atom. The molecule has 3 rings (SSSR count). The van der Waals surface area contributed by atoms with Gasteiger partial charge in [0, 0.05) is 17.2 Å². The largest absolute Gasteiger partial charge is 0.480 e. The smallest absolute Gasteiger partial charge is 0.326 e. The number of hydrogen-bond acceptors (Lipinski definition) is 3. The molecular formula is C17H20N2O4. The Labute approximate surface area is 134 Å². The molecule has 2 amide bonds. The van der Waals surface area contributed by atoms with Gasteiger partial charge in [-0.25, -0.2) is 4.79 Å². The molecule has 1 aliphatic heterocycles. The molecule has 6 nitrogen and oxygen atoms in total. The first-order valence-electron chi connectivity index (χ1n) is 7.94. The molecule has 3 N–H and O–H groups in total. The number of amides is 2. The number of carboxylic acids is 1. The summed E-state index contributed by atoms with van der Waals surface area (Å²) in [6.07, 6.45) is 4.43. The van der Waals surface area contributed by atoms with Gasteiger partial charge in [-0.2, -0.15) is 0 Å². The highest BCUT2D eigenvalue weighted by atomic mass is 16.4. The summed E-state index contributed by atoms with van der Waals surface area (Å²) < 4.78 is 0. The van der Waals surface area contributed by atoms with E-state index in [1.54, 1.807) is 18.2 Å². The zero-order valence-corrected chi connectivity index (χ0v) is 12.8. The monoisotopic (exact) mass is 316 g/mol. The number of carbonyl (C=O) groups is 3. The lowest BCUT2D eigenvalue weighted by molar-refractivity contribution is -0.141. The lowest BCUT2D eigenvalue weighted by Gasteiger charge is -2.33. The Bertz CT molecular complexity index is 658. The van der Waals surface area contributed by atoms with Crippen LogP contribution in [0.4, 0.5) is 0 Å². The number of primary amides is 1. The molecule has 1 aliphatic carbocycles. The van der Waals surface area contributed by atoms with Gasteiger partial charge in [0.1, 0.15) is 6.04 Å². The van der Waals surface area contributed by atoms with E-state index in [0.29, 0.717) is 12.0 Å². The standard InChI is InChI=1S/C17H20N2O4/c18-15(20)11-5-3-6-12(8-11)16(21)19-13-7-2-1-4-10(13)9-14(19)17(22)23/h3,5-6,8,10,13-14H,1-2,4,7,9H2,(H2,18,20)(H,22,23)/t10-,13+,14-/m0/s1. The summed E-state index contributed by atoms with van der Waals surface area (Å²) in [7, 11) is 0. The Morgan fingerprint density at radius 1 is 1.13 bits per heavy atom. The quantitative estimate of drug-likeness (QED) is 0.885. The Hall–Kier alpha value is -2.37. The highest BCUT2D eigenvalue weighted by molar-refractivity contribution is 6.00. The molecule has 1 heterocycles. The van der Waals surface area contributed by atoms with Crippen LogP contribution in [-0.4, -0.2) is 39.9 Å². The van der Waals surface area contributed by atoms with Gasteiger partial charge in [-0.1, -0.05) is 18.9 Å². The van der Waals surface area contributed by atoms with Crippen molar-refractivity contribution in [3.8, 4) is 0 Å². The van der Waals surface area contributed by atoms with Crippen molar-refractivity contribution in [3.05, 3.63) is 35.4 Å². The summed E-state index contributed by atoms with van der Waals surface area (Å²) in [6, 6.07) is 5.38. The number of nitrogens with zero attached hydrogens (tertiary/aromatic N) is 1. The maximum absolute atomic E-state index is 12.9. The molecule has 2 aliphatic rings. The molecule has 3 atom stereocenters. The first kappa shape index (κ1) is 15.5. The van der Waals surface area contributed by atoms with Crippen LogP contribution >= 0.6 is 0 Å². The maximum atomic E-state index is 12.9. The fourth-order valence-corrected chi connectivity index (χ4v) is 3.93. The zero-order valence-electron chi connectivity index (χ0n) is 12.8. The lowest BCUT2D eigenvalue weighted by atomic mass is 9.84.